The number of hydrogen-bond donors (Lipinski definition) is 1. The van der Waals surface area contributed by atoms with Gasteiger partial charge >= 0.3 is 0 Å². The number of aromatic amines is 1. The molecule has 0 amide bonds. The van der Waals surface area contributed by atoms with Gasteiger partial charge in [0.1, 0.15) is 5.65 Å². The first-order chi connectivity index (χ1) is 10.3. The standard InChI is InChI=1S/C16H12N4O/c1-21-15-8-10(4-7-18-15)13-3-2-11-12-9-17-6-5-14(12)20-16(11)19-13/h2-9H,1H3,(H,19,20). The van der Waals surface area contributed by atoms with Gasteiger partial charge < -0.3 is 9.72 Å². The Balaban J connectivity index is 1.92. The van der Waals surface area contributed by atoms with Crippen LogP contribution in [0.25, 0.3) is 33.2 Å². The van der Waals surface area contributed by atoms with Gasteiger partial charge in [-0.15, -0.1) is 0 Å². The largest absolute Gasteiger partial charge is 0.481 e. The van der Waals surface area contributed by atoms with Gasteiger partial charge in [-0.3, -0.25) is 4.98 Å². The summed E-state index contributed by atoms with van der Waals surface area (Å²) in [7, 11) is 1.60. The Kier molecular flexibility index (Phi) is 2.57. The van der Waals surface area contributed by atoms with Crippen molar-refractivity contribution >= 4 is 21.9 Å². The maximum absolute atomic E-state index is 5.16. The van der Waals surface area contributed by atoms with Gasteiger partial charge in [0.05, 0.1) is 18.3 Å². The summed E-state index contributed by atoms with van der Waals surface area (Å²) in [5.74, 6) is 0.579. The zero-order valence-corrected chi connectivity index (χ0v) is 11.4. The van der Waals surface area contributed by atoms with E-state index in [-0.39, 0.29) is 0 Å². The topological polar surface area (TPSA) is 63.7 Å². The zero-order chi connectivity index (χ0) is 14.2. The molecule has 0 fully saturated rings. The molecular formula is C16H12N4O. The van der Waals surface area contributed by atoms with Crippen LogP contribution in [-0.4, -0.2) is 27.0 Å². The Morgan fingerprint density at radius 3 is 2.90 bits per heavy atom. The highest BCUT2D eigenvalue weighted by atomic mass is 16.5. The molecule has 5 nitrogen and oxygen atoms in total. The van der Waals surface area contributed by atoms with Crippen LogP contribution in [0.4, 0.5) is 0 Å². The fourth-order valence-electron chi connectivity index (χ4n) is 2.46. The fourth-order valence-corrected chi connectivity index (χ4v) is 2.46. The highest BCUT2D eigenvalue weighted by Crippen LogP contribution is 2.27. The Morgan fingerprint density at radius 2 is 2.00 bits per heavy atom. The number of nitrogens with one attached hydrogen (secondary N) is 1. The van der Waals surface area contributed by atoms with E-state index < -0.39 is 0 Å². The minimum absolute atomic E-state index is 0.579. The van der Waals surface area contributed by atoms with Crippen molar-refractivity contribution in [3.8, 4) is 17.1 Å². The van der Waals surface area contributed by atoms with E-state index in [2.05, 4.69) is 21.0 Å². The number of rotatable bonds is 2. The van der Waals surface area contributed by atoms with Crippen LogP contribution in [0.3, 0.4) is 0 Å². The molecule has 0 aromatic carbocycles. The molecule has 0 aliphatic heterocycles. The zero-order valence-electron chi connectivity index (χ0n) is 11.4. The summed E-state index contributed by atoms with van der Waals surface area (Å²) < 4.78 is 5.16. The first-order valence-electron chi connectivity index (χ1n) is 6.58. The molecule has 5 heteroatoms. The van der Waals surface area contributed by atoms with E-state index in [9.17, 15) is 0 Å². The molecule has 4 heterocycles. The third kappa shape index (κ3) is 1.90. The van der Waals surface area contributed by atoms with Gasteiger partial charge in [0.15, 0.2) is 0 Å². The van der Waals surface area contributed by atoms with E-state index in [1.807, 2.05) is 30.5 Å². The maximum atomic E-state index is 5.16. The lowest BCUT2D eigenvalue weighted by Crippen LogP contribution is -1.89. The molecule has 21 heavy (non-hydrogen) atoms. The average Bonchev–Trinajstić information content (AvgIpc) is 2.92. The summed E-state index contributed by atoms with van der Waals surface area (Å²) in [6, 6.07) is 9.80. The number of aromatic nitrogens is 4. The highest BCUT2D eigenvalue weighted by Gasteiger charge is 2.08. The van der Waals surface area contributed by atoms with Crippen molar-refractivity contribution in [2.75, 3.05) is 7.11 Å². The van der Waals surface area contributed by atoms with Gasteiger partial charge in [-0.2, -0.15) is 0 Å². The van der Waals surface area contributed by atoms with Gasteiger partial charge in [0, 0.05) is 41.0 Å². The van der Waals surface area contributed by atoms with Crippen LogP contribution in [-0.2, 0) is 0 Å². The number of fused-ring (bicyclic) bond motifs is 3. The second-order valence-corrected chi connectivity index (χ2v) is 4.73. The number of ether oxygens (including phenoxy) is 1. The lowest BCUT2D eigenvalue weighted by molar-refractivity contribution is 0.398. The van der Waals surface area contributed by atoms with Crippen LogP contribution < -0.4 is 4.74 Å². The Bertz CT molecular complexity index is 945. The summed E-state index contributed by atoms with van der Waals surface area (Å²) >= 11 is 0. The smallest absolute Gasteiger partial charge is 0.213 e. The Morgan fingerprint density at radius 1 is 1.05 bits per heavy atom. The Hall–Kier alpha value is -2.95. The SMILES string of the molecule is COc1cc(-c2ccc3c(n2)[nH]c2ccncc23)ccn1. The monoisotopic (exact) mass is 276 g/mol. The van der Waals surface area contributed by atoms with Gasteiger partial charge in [0.2, 0.25) is 5.88 Å². The van der Waals surface area contributed by atoms with Crippen molar-refractivity contribution in [3.63, 3.8) is 0 Å². The summed E-state index contributed by atoms with van der Waals surface area (Å²) in [5.41, 5.74) is 3.74. The van der Waals surface area contributed by atoms with Gasteiger partial charge in [-0.1, -0.05) is 0 Å². The summed E-state index contributed by atoms with van der Waals surface area (Å²) in [6.07, 6.45) is 5.34. The van der Waals surface area contributed by atoms with Gasteiger partial charge in [-0.05, 0) is 24.3 Å². The summed E-state index contributed by atoms with van der Waals surface area (Å²) in [5, 5.41) is 2.15. The summed E-state index contributed by atoms with van der Waals surface area (Å²) in [6.45, 7) is 0. The minimum atomic E-state index is 0.579. The van der Waals surface area contributed by atoms with Crippen LogP contribution in [0.2, 0.25) is 0 Å². The molecule has 0 unspecified atom stereocenters. The molecule has 0 saturated heterocycles. The number of pyridine rings is 3. The molecule has 0 bridgehead atoms. The lowest BCUT2D eigenvalue weighted by Gasteiger charge is -2.03. The third-order valence-corrected chi connectivity index (χ3v) is 3.50. The highest BCUT2D eigenvalue weighted by molar-refractivity contribution is 6.05. The number of methoxy groups -OCH3 is 1. The van der Waals surface area contributed by atoms with E-state index in [0.717, 1.165) is 33.2 Å². The molecule has 0 spiro atoms. The van der Waals surface area contributed by atoms with Crippen molar-refractivity contribution in [2.45, 2.75) is 0 Å². The molecule has 0 aliphatic carbocycles. The van der Waals surface area contributed by atoms with Crippen molar-refractivity contribution in [1.29, 1.82) is 0 Å². The molecule has 0 atom stereocenters. The van der Waals surface area contributed by atoms with E-state index >= 15 is 0 Å². The predicted octanol–water partition coefficient (Wildman–Crippen LogP) is 3.18. The predicted molar refractivity (Wildman–Crippen MR) is 81.2 cm³/mol. The van der Waals surface area contributed by atoms with Crippen molar-refractivity contribution < 1.29 is 4.74 Å². The van der Waals surface area contributed by atoms with Crippen LogP contribution >= 0.6 is 0 Å². The maximum Gasteiger partial charge on any atom is 0.213 e. The first-order valence-corrected chi connectivity index (χ1v) is 6.58. The molecule has 0 aliphatic rings. The van der Waals surface area contributed by atoms with Crippen LogP contribution in [0, 0.1) is 0 Å². The van der Waals surface area contributed by atoms with Crippen molar-refractivity contribution in [3.05, 3.63) is 48.9 Å². The van der Waals surface area contributed by atoms with E-state index in [0.29, 0.717) is 5.88 Å². The van der Waals surface area contributed by atoms with Crippen LogP contribution in [0.1, 0.15) is 0 Å². The molecular weight excluding hydrogens is 264 g/mol. The lowest BCUT2D eigenvalue weighted by atomic mass is 10.1. The second-order valence-electron chi connectivity index (χ2n) is 4.73. The van der Waals surface area contributed by atoms with E-state index in [1.54, 1.807) is 19.5 Å². The third-order valence-electron chi connectivity index (χ3n) is 3.50. The van der Waals surface area contributed by atoms with Crippen molar-refractivity contribution in [1.82, 2.24) is 19.9 Å². The molecule has 4 aromatic rings. The Labute approximate surface area is 120 Å². The molecule has 0 radical (unpaired) electrons. The van der Waals surface area contributed by atoms with Crippen LogP contribution in [0.5, 0.6) is 5.88 Å². The molecule has 1 N–H and O–H groups in total. The number of H-pyrrole nitrogens is 1. The molecule has 4 aromatic heterocycles. The fraction of sp³-hybridized carbons (Fsp3) is 0.0625. The quantitative estimate of drug-likeness (QED) is 0.610. The molecule has 4 rings (SSSR count). The van der Waals surface area contributed by atoms with Crippen LogP contribution in [0.15, 0.2) is 48.9 Å². The first kappa shape index (κ1) is 11.8. The van der Waals surface area contributed by atoms with Gasteiger partial charge in [0.25, 0.3) is 0 Å². The van der Waals surface area contributed by atoms with E-state index in [1.165, 1.54) is 0 Å². The molecule has 102 valence electrons. The number of nitrogens with zero attached hydrogens (tertiary/aromatic N) is 3. The summed E-state index contributed by atoms with van der Waals surface area (Å²) in [4.78, 5) is 16.3. The molecule has 0 saturated carbocycles. The second kappa shape index (κ2) is 4.56. The normalized spacial score (nSPS) is 11.1. The van der Waals surface area contributed by atoms with Crippen molar-refractivity contribution in [2.24, 2.45) is 0 Å². The van der Waals surface area contributed by atoms with Gasteiger partial charge in [-0.25, -0.2) is 9.97 Å². The number of hydrogen-bond acceptors (Lipinski definition) is 4. The minimum Gasteiger partial charge on any atom is -0.481 e. The van der Waals surface area contributed by atoms with E-state index in [4.69, 9.17) is 9.72 Å². The average molecular weight is 276 g/mol.